The van der Waals surface area contributed by atoms with Crippen molar-refractivity contribution in [3.63, 3.8) is 0 Å². The molecule has 2 aromatic carbocycles. The summed E-state index contributed by atoms with van der Waals surface area (Å²) in [5.41, 5.74) is 10.6. The Morgan fingerprint density at radius 3 is 2.20 bits per heavy atom. The molecule has 6 nitrogen and oxygen atoms in total. The topological polar surface area (TPSA) is 90.6 Å². The van der Waals surface area contributed by atoms with Crippen molar-refractivity contribution in [2.24, 2.45) is 5.73 Å². The van der Waals surface area contributed by atoms with Crippen LogP contribution in [-0.2, 0) is 14.3 Å². The van der Waals surface area contributed by atoms with Crippen LogP contribution in [0.4, 0.5) is 4.79 Å². The molecular weight excluding hydrogens is 380 g/mol. The molecule has 0 spiro atoms. The van der Waals surface area contributed by atoms with E-state index < -0.39 is 12.1 Å². The van der Waals surface area contributed by atoms with Gasteiger partial charge in [0.2, 0.25) is 0 Å². The molecule has 160 valence electrons. The quantitative estimate of drug-likeness (QED) is 0.482. The Kier molecular flexibility index (Phi) is 7.46. The Balaban J connectivity index is 1.40. The van der Waals surface area contributed by atoms with Crippen LogP contribution in [-0.4, -0.2) is 37.4 Å². The number of unbranched alkanes of at least 4 members (excludes halogenated alkanes) is 1. The molecule has 6 heteroatoms. The zero-order chi connectivity index (χ0) is 21.5. The summed E-state index contributed by atoms with van der Waals surface area (Å²) in [4.78, 5) is 23.8. The minimum atomic E-state index is -0.623. The molecule has 3 N–H and O–H groups in total. The number of benzene rings is 2. The first-order valence-electron chi connectivity index (χ1n) is 10.5. The van der Waals surface area contributed by atoms with E-state index in [1.165, 1.54) is 22.3 Å². The van der Waals surface area contributed by atoms with E-state index in [-0.39, 0.29) is 18.0 Å². The van der Waals surface area contributed by atoms with E-state index in [0.717, 1.165) is 6.42 Å². The number of amides is 1. The maximum absolute atomic E-state index is 12.1. The first-order chi connectivity index (χ1) is 14.5. The summed E-state index contributed by atoms with van der Waals surface area (Å²) in [5, 5.41) is 2.77. The summed E-state index contributed by atoms with van der Waals surface area (Å²) in [6.07, 6.45) is 1.36. The van der Waals surface area contributed by atoms with Gasteiger partial charge in [0.25, 0.3) is 0 Å². The molecule has 1 aliphatic carbocycles. The standard InChI is InChI=1S/C24H30N2O4/c1-16(2)30-23(27)22(25)13-7-8-14-26-24(28)29-15-21-19-11-5-3-9-17(19)18-10-4-6-12-20(18)21/h3-6,9-12,16,21-22H,7-8,13-15,25H2,1-2H3,(H,26,28). The van der Waals surface area contributed by atoms with Gasteiger partial charge in [-0.25, -0.2) is 4.79 Å². The van der Waals surface area contributed by atoms with Crippen molar-refractivity contribution in [2.45, 2.75) is 51.2 Å². The third-order valence-corrected chi connectivity index (χ3v) is 5.21. The van der Waals surface area contributed by atoms with Crippen LogP contribution in [0.2, 0.25) is 0 Å². The second-order valence-electron chi connectivity index (χ2n) is 7.84. The number of carbonyl (C=O) groups excluding carboxylic acids is 2. The number of fused-ring (bicyclic) bond motifs is 3. The van der Waals surface area contributed by atoms with Gasteiger partial charge < -0.3 is 20.5 Å². The van der Waals surface area contributed by atoms with Gasteiger partial charge in [0.1, 0.15) is 12.6 Å². The highest BCUT2D eigenvalue weighted by Gasteiger charge is 2.28. The first-order valence-corrected chi connectivity index (χ1v) is 10.5. The van der Waals surface area contributed by atoms with Crippen molar-refractivity contribution < 1.29 is 19.1 Å². The van der Waals surface area contributed by atoms with E-state index in [0.29, 0.717) is 26.0 Å². The van der Waals surface area contributed by atoms with E-state index >= 15 is 0 Å². The maximum atomic E-state index is 12.1. The number of carbonyl (C=O) groups is 2. The summed E-state index contributed by atoms with van der Waals surface area (Å²) in [6, 6.07) is 15.9. The summed E-state index contributed by atoms with van der Waals surface area (Å²) in [5.74, 6) is -0.331. The molecule has 0 aliphatic heterocycles. The SMILES string of the molecule is CC(C)OC(=O)C(N)CCCCNC(=O)OCC1c2ccccc2-c2ccccc21. The smallest absolute Gasteiger partial charge is 0.407 e. The van der Waals surface area contributed by atoms with E-state index in [1.807, 2.05) is 24.3 Å². The van der Waals surface area contributed by atoms with E-state index in [2.05, 4.69) is 29.6 Å². The number of esters is 1. The molecular formula is C24H30N2O4. The second-order valence-corrected chi connectivity index (χ2v) is 7.84. The predicted octanol–water partition coefficient (Wildman–Crippen LogP) is 3.97. The largest absolute Gasteiger partial charge is 0.462 e. The molecule has 1 unspecified atom stereocenters. The Morgan fingerprint density at radius 2 is 1.60 bits per heavy atom. The minimum Gasteiger partial charge on any atom is -0.462 e. The molecule has 0 aromatic heterocycles. The highest BCUT2D eigenvalue weighted by molar-refractivity contribution is 5.79. The minimum absolute atomic E-state index is 0.0492. The fourth-order valence-corrected chi connectivity index (χ4v) is 3.77. The molecule has 2 aromatic rings. The third kappa shape index (κ3) is 5.39. The number of alkyl carbamates (subject to hydrolysis) is 1. The zero-order valence-corrected chi connectivity index (χ0v) is 17.6. The third-order valence-electron chi connectivity index (χ3n) is 5.21. The second kappa shape index (κ2) is 10.3. The Labute approximate surface area is 177 Å². The maximum Gasteiger partial charge on any atom is 0.407 e. The lowest BCUT2D eigenvalue weighted by Gasteiger charge is -2.15. The lowest BCUT2D eigenvalue weighted by molar-refractivity contribution is -0.149. The van der Waals surface area contributed by atoms with E-state index in [4.69, 9.17) is 15.2 Å². The summed E-state index contributed by atoms with van der Waals surface area (Å²) in [7, 11) is 0. The molecule has 3 rings (SSSR count). The molecule has 0 saturated carbocycles. The van der Waals surface area contributed by atoms with Crippen molar-refractivity contribution in [3.05, 3.63) is 59.7 Å². The molecule has 1 amide bonds. The van der Waals surface area contributed by atoms with Crippen molar-refractivity contribution in [1.29, 1.82) is 0 Å². The first kappa shape index (κ1) is 21.8. The van der Waals surface area contributed by atoms with E-state index in [1.54, 1.807) is 13.8 Å². The van der Waals surface area contributed by atoms with Crippen LogP contribution < -0.4 is 11.1 Å². The van der Waals surface area contributed by atoms with Crippen LogP contribution in [0.15, 0.2) is 48.5 Å². The Morgan fingerprint density at radius 1 is 1.00 bits per heavy atom. The molecule has 0 radical (unpaired) electrons. The summed E-state index contributed by atoms with van der Waals surface area (Å²) < 4.78 is 10.6. The number of hydrogen-bond acceptors (Lipinski definition) is 5. The summed E-state index contributed by atoms with van der Waals surface area (Å²) >= 11 is 0. The number of ether oxygens (including phenoxy) is 2. The molecule has 1 aliphatic rings. The van der Waals surface area contributed by atoms with Crippen molar-refractivity contribution in [1.82, 2.24) is 5.32 Å². The molecule has 0 saturated heterocycles. The molecule has 0 fully saturated rings. The van der Waals surface area contributed by atoms with Gasteiger partial charge in [-0.1, -0.05) is 48.5 Å². The highest BCUT2D eigenvalue weighted by atomic mass is 16.5. The molecule has 0 heterocycles. The van der Waals surface area contributed by atoms with Gasteiger partial charge in [0, 0.05) is 12.5 Å². The van der Waals surface area contributed by atoms with Gasteiger partial charge in [-0.3, -0.25) is 4.79 Å². The number of rotatable bonds is 9. The van der Waals surface area contributed by atoms with Gasteiger partial charge in [0.05, 0.1) is 6.10 Å². The molecule has 30 heavy (non-hydrogen) atoms. The Hall–Kier alpha value is -2.86. The van der Waals surface area contributed by atoms with Gasteiger partial charge in [-0.2, -0.15) is 0 Å². The fraction of sp³-hybridized carbons (Fsp3) is 0.417. The van der Waals surface area contributed by atoms with Crippen molar-refractivity contribution in [3.8, 4) is 11.1 Å². The van der Waals surface area contributed by atoms with Crippen LogP contribution in [0, 0.1) is 0 Å². The van der Waals surface area contributed by atoms with Crippen LogP contribution in [0.25, 0.3) is 11.1 Å². The van der Waals surface area contributed by atoms with Gasteiger partial charge in [-0.15, -0.1) is 0 Å². The number of nitrogens with two attached hydrogens (primary N) is 1. The van der Waals surface area contributed by atoms with Gasteiger partial charge >= 0.3 is 12.1 Å². The lowest BCUT2D eigenvalue weighted by atomic mass is 9.98. The molecule has 0 bridgehead atoms. The van der Waals surface area contributed by atoms with Crippen molar-refractivity contribution >= 4 is 12.1 Å². The summed E-state index contributed by atoms with van der Waals surface area (Å²) in [6.45, 7) is 4.36. The highest BCUT2D eigenvalue weighted by Crippen LogP contribution is 2.44. The van der Waals surface area contributed by atoms with Crippen LogP contribution in [0.5, 0.6) is 0 Å². The predicted molar refractivity (Wildman–Crippen MR) is 116 cm³/mol. The fourth-order valence-electron chi connectivity index (χ4n) is 3.77. The monoisotopic (exact) mass is 410 g/mol. The average molecular weight is 411 g/mol. The van der Waals surface area contributed by atoms with Gasteiger partial charge in [0.15, 0.2) is 0 Å². The average Bonchev–Trinajstić information content (AvgIpc) is 3.05. The van der Waals surface area contributed by atoms with Crippen LogP contribution >= 0.6 is 0 Å². The van der Waals surface area contributed by atoms with E-state index in [9.17, 15) is 9.59 Å². The Bertz CT molecular complexity index is 836. The zero-order valence-electron chi connectivity index (χ0n) is 17.6. The number of hydrogen-bond donors (Lipinski definition) is 2. The number of nitrogens with one attached hydrogen (secondary N) is 1. The van der Waals surface area contributed by atoms with Crippen LogP contribution in [0.3, 0.4) is 0 Å². The van der Waals surface area contributed by atoms with Crippen molar-refractivity contribution in [2.75, 3.05) is 13.2 Å². The molecule has 1 atom stereocenters. The van der Waals surface area contributed by atoms with Gasteiger partial charge in [-0.05, 0) is 55.4 Å². The lowest BCUT2D eigenvalue weighted by Crippen LogP contribution is -2.34. The normalized spacial score (nSPS) is 13.5. The van der Waals surface area contributed by atoms with Crippen LogP contribution in [0.1, 0.15) is 50.2 Å².